The molecule has 2 rings (SSSR count). The van der Waals surface area contributed by atoms with Gasteiger partial charge in [0.15, 0.2) is 6.61 Å². The molecule has 0 atom stereocenters. The van der Waals surface area contributed by atoms with Gasteiger partial charge in [0.2, 0.25) is 0 Å². The molecule has 0 spiro atoms. The number of nitrogens with one attached hydrogen (secondary N) is 2. The molecule has 0 saturated carbocycles. The maximum atomic E-state index is 12.0. The van der Waals surface area contributed by atoms with Gasteiger partial charge >= 0.3 is 12.1 Å². The van der Waals surface area contributed by atoms with E-state index in [0.717, 1.165) is 5.56 Å². The maximum absolute atomic E-state index is 12.0. The number of carboxylic acids is 1. The van der Waals surface area contributed by atoms with E-state index in [1.807, 2.05) is 0 Å². The first-order valence-electron chi connectivity index (χ1n) is 7.69. The van der Waals surface area contributed by atoms with Gasteiger partial charge in [0.25, 0.3) is 0 Å². The van der Waals surface area contributed by atoms with Crippen molar-refractivity contribution in [1.29, 1.82) is 5.41 Å². The molecular formula is C18H19N3O5. The Bertz CT molecular complexity index is 818. The van der Waals surface area contributed by atoms with Gasteiger partial charge in [-0.25, -0.2) is 9.59 Å². The highest BCUT2D eigenvalue weighted by Gasteiger charge is 2.09. The summed E-state index contributed by atoms with van der Waals surface area (Å²) in [5.41, 5.74) is 7.51. The number of carbonyl (C=O) groups excluding carboxylic acids is 1. The normalized spacial score (nSPS) is 10.0. The molecule has 0 aliphatic carbocycles. The minimum absolute atomic E-state index is 0.0237. The summed E-state index contributed by atoms with van der Waals surface area (Å²) in [5.74, 6) is -0.552. The fourth-order valence-electron chi connectivity index (χ4n) is 2.04. The molecule has 0 aromatic heterocycles. The van der Waals surface area contributed by atoms with Crippen molar-refractivity contribution in [2.75, 3.05) is 6.61 Å². The molecule has 0 aliphatic heterocycles. The van der Waals surface area contributed by atoms with Crippen molar-refractivity contribution >= 4 is 17.9 Å². The minimum Gasteiger partial charge on any atom is -0.482 e. The molecule has 0 unspecified atom stereocenters. The van der Waals surface area contributed by atoms with Crippen LogP contribution in [0.5, 0.6) is 11.5 Å². The standard InChI is InChI=1S/C18H19N3O5/c1-11-2-7-14(25-10-16(22)23)8-15(11)26-18(24)21-9-12-3-5-13(6-4-12)17(19)20/h2-8H,9-10H2,1H3,(H3,19,20)(H,21,24)(H,22,23). The van der Waals surface area contributed by atoms with Gasteiger partial charge in [-0.2, -0.15) is 0 Å². The molecule has 0 saturated heterocycles. The molecule has 26 heavy (non-hydrogen) atoms. The molecule has 0 heterocycles. The fraction of sp³-hybridized carbons (Fsp3) is 0.167. The van der Waals surface area contributed by atoms with Crippen molar-refractivity contribution in [2.24, 2.45) is 5.73 Å². The van der Waals surface area contributed by atoms with Crippen molar-refractivity contribution in [3.05, 3.63) is 59.2 Å². The number of carboxylic acid groups (broad SMARTS) is 1. The summed E-state index contributed by atoms with van der Waals surface area (Å²) in [5, 5.41) is 18.6. The van der Waals surface area contributed by atoms with Crippen molar-refractivity contribution in [3.63, 3.8) is 0 Å². The number of rotatable bonds is 7. The van der Waals surface area contributed by atoms with Crippen LogP contribution >= 0.6 is 0 Å². The molecule has 5 N–H and O–H groups in total. The van der Waals surface area contributed by atoms with Crippen LogP contribution in [0, 0.1) is 12.3 Å². The molecule has 0 bridgehead atoms. The molecule has 0 radical (unpaired) electrons. The lowest BCUT2D eigenvalue weighted by atomic mass is 10.1. The van der Waals surface area contributed by atoms with Gasteiger partial charge in [-0.1, -0.05) is 30.3 Å². The van der Waals surface area contributed by atoms with Crippen LogP contribution in [0.25, 0.3) is 0 Å². The van der Waals surface area contributed by atoms with Gasteiger partial charge in [-0.05, 0) is 24.1 Å². The molecule has 2 aromatic carbocycles. The van der Waals surface area contributed by atoms with Crippen LogP contribution in [0.1, 0.15) is 16.7 Å². The summed E-state index contributed by atoms with van der Waals surface area (Å²) in [6, 6.07) is 11.6. The second-order valence-corrected chi connectivity index (χ2v) is 5.46. The topological polar surface area (TPSA) is 135 Å². The lowest BCUT2D eigenvalue weighted by molar-refractivity contribution is -0.139. The molecule has 1 amide bonds. The van der Waals surface area contributed by atoms with Crippen LogP contribution in [0.15, 0.2) is 42.5 Å². The van der Waals surface area contributed by atoms with E-state index in [1.54, 1.807) is 43.3 Å². The Morgan fingerprint density at radius 3 is 2.50 bits per heavy atom. The van der Waals surface area contributed by atoms with Crippen LogP contribution in [0.4, 0.5) is 4.79 Å². The number of amides is 1. The van der Waals surface area contributed by atoms with E-state index in [0.29, 0.717) is 16.9 Å². The highest BCUT2D eigenvalue weighted by atomic mass is 16.6. The zero-order valence-electron chi connectivity index (χ0n) is 14.1. The summed E-state index contributed by atoms with van der Waals surface area (Å²) in [7, 11) is 0. The van der Waals surface area contributed by atoms with E-state index < -0.39 is 18.7 Å². The zero-order chi connectivity index (χ0) is 19.1. The Morgan fingerprint density at radius 1 is 1.19 bits per heavy atom. The molecular weight excluding hydrogens is 338 g/mol. The number of hydrogen-bond donors (Lipinski definition) is 4. The number of carbonyl (C=O) groups is 2. The first-order chi connectivity index (χ1) is 12.3. The van der Waals surface area contributed by atoms with Crippen molar-refractivity contribution in [3.8, 4) is 11.5 Å². The Morgan fingerprint density at radius 2 is 1.88 bits per heavy atom. The van der Waals surface area contributed by atoms with E-state index in [1.165, 1.54) is 6.07 Å². The SMILES string of the molecule is Cc1ccc(OCC(=O)O)cc1OC(=O)NCc1ccc(C(=N)N)cc1. The zero-order valence-corrected chi connectivity index (χ0v) is 14.1. The molecule has 136 valence electrons. The Labute approximate surface area is 150 Å². The number of nitrogen functional groups attached to an aromatic ring is 1. The highest BCUT2D eigenvalue weighted by Crippen LogP contribution is 2.24. The first-order valence-corrected chi connectivity index (χ1v) is 7.69. The van der Waals surface area contributed by atoms with E-state index in [4.69, 9.17) is 25.7 Å². The number of nitrogens with two attached hydrogens (primary N) is 1. The monoisotopic (exact) mass is 357 g/mol. The van der Waals surface area contributed by atoms with Crippen LogP contribution in [-0.2, 0) is 11.3 Å². The fourth-order valence-corrected chi connectivity index (χ4v) is 2.04. The molecule has 2 aromatic rings. The smallest absolute Gasteiger partial charge is 0.412 e. The average molecular weight is 357 g/mol. The maximum Gasteiger partial charge on any atom is 0.412 e. The summed E-state index contributed by atoms with van der Waals surface area (Å²) in [4.78, 5) is 22.5. The van der Waals surface area contributed by atoms with E-state index >= 15 is 0 Å². The van der Waals surface area contributed by atoms with E-state index in [-0.39, 0.29) is 18.1 Å². The predicted molar refractivity (Wildman–Crippen MR) is 94.6 cm³/mol. The number of hydrogen-bond acceptors (Lipinski definition) is 5. The Balaban J connectivity index is 1.93. The second kappa shape index (κ2) is 8.52. The van der Waals surface area contributed by atoms with E-state index in [9.17, 15) is 9.59 Å². The number of ether oxygens (including phenoxy) is 2. The summed E-state index contributed by atoms with van der Waals surface area (Å²) in [6.45, 7) is 1.51. The average Bonchev–Trinajstić information content (AvgIpc) is 2.61. The van der Waals surface area contributed by atoms with Gasteiger partial charge in [-0.15, -0.1) is 0 Å². The number of amidine groups is 1. The van der Waals surface area contributed by atoms with Crippen molar-refractivity contribution in [1.82, 2.24) is 5.32 Å². The van der Waals surface area contributed by atoms with Gasteiger partial charge in [0.05, 0.1) is 0 Å². The summed E-state index contributed by atoms with van der Waals surface area (Å²) < 4.78 is 10.3. The Hall–Kier alpha value is -3.55. The van der Waals surface area contributed by atoms with Crippen LogP contribution in [0.2, 0.25) is 0 Å². The Kier molecular flexibility index (Phi) is 6.15. The van der Waals surface area contributed by atoms with Gasteiger partial charge in [0.1, 0.15) is 17.3 Å². The molecule has 0 fully saturated rings. The lowest BCUT2D eigenvalue weighted by Gasteiger charge is -2.11. The molecule has 8 nitrogen and oxygen atoms in total. The van der Waals surface area contributed by atoms with Gasteiger partial charge in [-0.3, -0.25) is 5.41 Å². The van der Waals surface area contributed by atoms with Crippen LogP contribution in [0.3, 0.4) is 0 Å². The second-order valence-electron chi connectivity index (χ2n) is 5.46. The number of aryl methyl sites for hydroxylation is 1. The van der Waals surface area contributed by atoms with Gasteiger partial charge < -0.3 is 25.6 Å². The first kappa shape index (κ1) is 18.8. The number of aliphatic carboxylic acids is 1. The molecule has 8 heteroatoms. The van der Waals surface area contributed by atoms with Crippen LogP contribution < -0.4 is 20.5 Å². The van der Waals surface area contributed by atoms with Crippen molar-refractivity contribution < 1.29 is 24.2 Å². The van der Waals surface area contributed by atoms with Gasteiger partial charge in [0, 0.05) is 18.2 Å². The predicted octanol–water partition coefficient (Wildman–Crippen LogP) is 2.03. The van der Waals surface area contributed by atoms with E-state index in [2.05, 4.69) is 5.32 Å². The van der Waals surface area contributed by atoms with Crippen molar-refractivity contribution in [2.45, 2.75) is 13.5 Å². The quantitative estimate of drug-likeness (QED) is 0.442. The third kappa shape index (κ3) is 5.52. The largest absolute Gasteiger partial charge is 0.482 e. The third-order valence-electron chi connectivity index (χ3n) is 3.43. The van der Waals surface area contributed by atoms with Crippen LogP contribution in [-0.4, -0.2) is 29.6 Å². The summed E-state index contributed by atoms with van der Waals surface area (Å²) in [6.07, 6.45) is -0.654. The summed E-state index contributed by atoms with van der Waals surface area (Å²) >= 11 is 0. The lowest BCUT2D eigenvalue weighted by Crippen LogP contribution is -2.26. The molecule has 0 aliphatic rings. The highest BCUT2D eigenvalue weighted by molar-refractivity contribution is 5.94. The minimum atomic E-state index is -1.10. The number of benzene rings is 2. The third-order valence-corrected chi connectivity index (χ3v) is 3.43.